The summed E-state index contributed by atoms with van der Waals surface area (Å²) in [6.45, 7) is 14.0. The molecule has 0 radical (unpaired) electrons. The molecule has 4 aromatic carbocycles. The molecule has 0 aliphatic carbocycles. The maximum absolute atomic E-state index is 15.8. The number of morpholine rings is 1. The average molecular weight is 997 g/mol. The average Bonchev–Trinajstić information content (AvgIpc) is 3.89. The van der Waals surface area contributed by atoms with Gasteiger partial charge >= 0.3 is 0 Å². The van der Waals surface area contributed by atoms with Gasteiger partial charge in [-0.15, -0.1) is 0 Å². The molecule has 0 spiro atoms. The van der Waals surface area contributed by atoms with E-state index < -0.39 is 0 Å². The molecule has 4 aliphatic rings. The van der Waals surface area contributed by atoms with Gasteiger partial charge in [0.2, 0.25) is 5.91 Å². The van der Waals surface area contributed by atoms with Crippen molar-refractivity contribution in [1.82, 2.24) is 28.7 Å². The van der Waals surface area contributed by atoms with Crippen molar-refractivity contribution in [3.8, 4) is 28.8 Å². The van der Waals surface area contributed by atoms with Gasteiger partial charge in [-0.3, -0.25) is 24.2 Å². The second kappa shape index (κ2) is 21.7. The number of carbonyl (C=O) groups excluding carboxylic acids is 3. The summed E-state index contributed by atoms with van der Waals surface area (Å²) < 4.78 is 15.5. The molecule has 0 bridgehead atoms. The number of ether oxygens (including phenoxy) is 2. The van der Waals surface area contributed by atoms with Crippen LogP contribution in [0.4, 0.5) is 11.4 Å². The molecule has 3 amide bonds. The Bertz CT molecular complexity index is 3090. The van der Waals surface area contributed by atoms with E-state index in [2.05, 4.69) is 52.0 Å². The number of aromatic nitrogens is 2. The highest BCUT2D eigenvalue weighted by Crippen LogP contribution is 2.39. The Morgan fingerprint density at radius 3 is 2.28 bits per heavy atom. The summed E-state index contributed by atoms with van der Waals surface area (Å²) in [5.74, 6) is 0.467. The number of carbonyl (C=O) groups is 3. The van der Waals surface area contributed by atoms with Crippen molar-refractivity contribution >= 4 is 29.1 Å². The lowest BCUT2D eigenvalue weighted by atomic mass is 9.89. The van der Waals surface area contributed by atoms with Crippen LogP contribution in [-0.4, -0.2) is 123 Å². The molecule has 6 aromatic rings. The van der Waals surface area contributed by atoms with Gasteiger partial charge in [-0.2, -0.15) is 5.26 Å². The minimum atomic E-state index is -0.317. The fraction of sp³-hybridized carbons (Fsp3) is 0.400. The molecule has 2 atom stereocenters. The minimum Gasteiger partial charge on any atom is -0.508 e. The van der Waals surface area contributed by atoms with Gasteiger partial charge in [0.1, 0.15) is 29.9 Å². The summed E-state index contributed by atoms with van der Waals surface area (Å²) in [4.78, 5) is 55.6. The summed E-state index contributed by atoms with van der Waals surface area (Å²) in [5.41, 5.74) is 10.6. The van der Waals surface area contributed by atoms with Gasteiger partial charge in [0.05, 0.1) is 30.4 Å². The monoisotopic (exact) mass is 997 g/mol. The number of nitrogens with zero attached hydrogens (tertiary/aromatic N) is 8. The van der Waals surface area contributed by atoms with Gasteiger partial charge in [-0.25, -0.2) is 0 Å². The van der Waals surface area contributed by atoms with Crippen LogP contribution in [0, 0.1) is 25.2 Å². The van der Waals surface area contributed by atoms with Crippen molar-refractivity contribution in [2.45, 2.75) is 84.5 Å². The van der Waals surface area contributed by atoms with Crippen molar-refractivity contribution in [3.63, 3.8) is 0 Å². The first-order chi connectivity index (χ1) is 35.8. The topological polar surface area (TPSA) is 140 Å². The molecular weight excluding hydrogens is 929 g/mol. The molecule has 10 rings (SSSR count). The number of phenolic OH excluding ortho intramolecular Hbond substituents is 1. The Morgan fingerprint density at radius 2 is 1.55 bits per heavy atom. The number of phenols is 1. The second-order valence-corrected chi connectivity index (χ2v) is 20.7. The van der Waals surface area contributed by atoms with Crippen LogP contribution >= 0.6 is 0 Å². The molecule has 14 nitrogen and oxygen atoms in total. The van der Waals surface area contributed by atoms with Gasteiger partial charge in [0.15, 0.2) is 0 Å². The van der Waals surface area contributed by atoms with E-state index in [1.54, 1.807) is 46.8 Å². The van der Waals surface area contributed by atoms with Crippen LogP contribution in [0.2, 0.25) is 0 Å². The van der Waals surface area contributed by atoms with Crippen molar-refractivity contribution in [2.75, 3.05) is 63.9 Å². The number of nitriles is 1. The highest BCUT2D eigenvalue weighted by atomic mass is 16.5. The van der Waals surface area contributed by atoms with E-state index in [1.807, 2.05) is 72.8 Å². The normalized spacial score (nSPS) is 18.1. The third kappa shape index (κ3) is 10.5. The quantitative estimate of drug-likeness (QED) is 0.121. The van der Waals surface area contributed by atoms with E-state index in [-0.39, 0.29) is 42.0 Å². The molecule has 6 heterocycles. The predicted molar refractivity (Wildman–Crippen MR) is 286 cm³/mol. The van der Waals surface area contributed by atoms with Crippen LogP contribution in [0.25, 0.3) is 11.3 Å². The third-order valence-electron chi connectivity index (χ3n) is 16.0. The molecule has 14 heteroatoms. The summed E-state index contributed by atoms with van der Waals surface area (Å²) in [6, 6.07) is 32.7. The fourth-order valence-electron chi connectivity index (χ4n) is 11.4. The third-order valence-corrected chi connectivity index (χ3v) is 16.0. The molecular formula is C60H68N8O6. The number of rotatable bonds is 13. The molecule has 0 saturated carbocycles. The number of anilines is 2. The summed E-state index contributed by atoms with van der Waals surface area (Å²) >= 11 is 0. The first-order valence-electron chi connectivity index (χ1n) is 26.3. The molecule has 1 N–H and O–H groups in total. The Labute approximate surface area is 434 Å². The van der Waals surface area contributed by atoms with Gasteiger partial charge in [0.25, 0.3) is 11.8 Å². The molecule has 384 valence electrons. The van der Waals surface area contributed by atoms with E-state index >= 15 is 9.59 Å². The number of benzene rings is 4. The van der Waals surface area contributed by atoms with Crippen LogP contribution < -0.4 is 9.64 Å². The van der Waals surface area contributed by atoms with E-state index in [4.69, 9.17) is 9.47 Å². The van der Waals surface area contributed by atoms with Crippen LogP contribution in [0.1, 0.15) is 91.8 Å². The Hall–Kier alpha value is -7.18. The van der Waals surface area contributed by atoms with E-state index in [1.165, 1.54) is 12.0 Å². The van der Waals surface area contributed by atoms with Gasteiger partial charge < -0.3 is 38.4 Å². The fourth-order valence-corrected chi connectivity index (χ4v) is 11.4. The van der Waals surface area contributed by atoms with Crippen molar-refractivity contribution in [1.29, 1.82) is 5.26 Å². The highest BCUT2D eigenvalue weighted by molar-refractivity contribution is 6.13. The largest absolute Gasteiger partial charge is 0.508 e. The van der Waals surface area contributed by atoms with E-state index in [0.29, 0.717) is 66.6 Å². The second-order valence-electron chi connectivity index (χ2n) is 20.7. The Morgan fingerprint density at radius 1 is 0.797 bits per heavy atom. The summed E-state index contributed by atoms with van der Waals surface area (Å²) in [7, 11) is 3.73. The number of aromatic hydroxyl groups is 1. The first-order valence-corrected chi connectivity index (χ1v) is 26.3. The van der Waals surface area contributed by atoms with Crippen molar-refractivity contribution in [2.24, 2.45) is 14.1 Å². The van der Waals surface area contributed by atoms with Gasteiger partial charge in [-0.05, 0) is 148 Å². The molecule has 0 unspecified atom stereocenters. The SMILES string of the molecule is Cc1c(N(C(=O)c2cc(-c3cc4c(cc3C(=O)N3Cc5ccccc5C[C@H]3CN3CCCCC3)CN(C(=O)Cc3ccc(OCCN5CCO[C@@H](C)C5)cc3)CC4)n(C)c2C)c2ccc(O)cc2)cc(C#N)n1C. The molecule has 2 aromatic heterocycles. The van der Waals surface area contributed by atoms with Crippen molar-refractivity contribution < 1.29 is 29.0 Å². The lowest BCUT2D eigenvalue weighted by Crippen LogP contribution is -2.51. The predicted octanol–water partition coefficient (Wildman–Crippen LogP) is 8.48. The number of hydrogen-bond donors (Lipinski definition) is 1. The number of hydrogen-bond acceptors (Lipinski definition) is 9. The maximum atomic E-state index is 15.8. The molecule has 74 heavy (non-hydrogen) atoms. The van der Waals surface area contributed by atoms with E-state index in [0.717, 1.165) is 110 Å². The van der Waals surface area contributed by atoms with Crippen LogP contribution in [0.15, 0.2) is 97.1 Å². The Balaban J connectivity index is 0.978. The Kier molecular flexibility index (Phi) is 14.8. The molecule has 4 aliphatic heterocycles. The number of amides is 3. The zero-order valence-corrected chi connectivity index (χ0v) is 43.5. The number of fused-ring (bicyclic) bond motifs is 2. The first kappa shape index (κ1) is 50.4. The van der Waals surface area contributed by atoms with Crippen molar-refractivity contribution in [3.05, 3.63) is 153 Å². The maximum Gasteiger partial charge on any atom is 0.264 e. The van der Waals surface area contributed by atoms with Crippen LogP contribution in [0.5, 0.6) is 11.5 Å². The number of likely N-dealkylation sites (tertiary alicyclic amines) is 1. The van der Waals surface area contributed by atoms with E-state index in [9.17, 15) is 15.2 Å². The van der Waals surface area contributed by atoms with Crippen LogP contribution in [0.3, 0.4) is 0 Å². The summed E-state index contributed by atoms with van der Waals surface area (Å²) in [6.07, 6.45) is 5.35. The molecule has 2 saturated heterocycles. The lowest BCUT2D eigenvalue weighted by Gasteiger charge is -2.41. The minimum absolute atomic E-state index is 0.0203. The van der Waals surface area contributed by atoms with Crippen LogP contribution in [-0.2, 0) is 56.0 Å². The standard InChI is InChI=1S/C60H68N8O6/c1-40-36-65(25-27-73-40)26-28-74-52-19-13-43(14-20-52)29-58(70)66-24-21-45-31-54(55(32-47(45)37-66)59(71)67-38-46-12-8-7-11-44(46)30-50(67)39-64-22-9-6-10-23-64)57-34-53(41(2)63(57)5)60(72)68(48-15-17-51(69)18-16-48)56-33-49(35-61)62(4)42(56)3/h7-8,11-20,31-34,40,50,69H,6,9-10,21-30,36-39H2,1-5H3/t40-,50-/m0/s1. The number of piperidine rings is 1. The lowest BCUT2D eigenvalue weighted by molar-refractivity contribution is -0.131. The molecule has 2 fully saturated rings. The smallest absolute Gasteiger partial charge is 0.264 e. The highest BCUT2D eigenvalue weighted by Gasteiger charge is 2.36. The van der Waals surface area contributed by atoms with Gasteiger partial charge in [-0.1, -0.05) is 42.8 Å². The zero-order chi connectivity index (χ0) is 51.6. The summed E-state index contributed by atoms with van der Waals surface area (Å²) in [5, 5.41) is 20.3. The zero-order valence-electron chi connectivity index (χ0n) is 43.5. The van der Waals surface area contributed by atoms with Gasteiger partial charge in [0, 0.05) is 99.8 Å².